The number of benzene rings is 1. The second-order valence-corrected chi connectivity index (χ2v) is 3.59. The van der Waals surface area contributed by atoms with Crippen LogP contribution in [0.1, 0.15) is 18.9 Å². The summed E-state index contributed by atoms with van der Waals surface area (Å²) in [4.78, 5) is 21.3. The Bertz CT molecular complexity index is 421. The van der Waals surface area contributed by atoms with Crippen molar-refractivity contribution < 1.29 is 14.7 Å². The average molecular weight is 232 g/mol. The van der Waals surface area contributed by atoms with Crippen LogP contribution in [0.15, 0.2) is 36.4 Å². The standard InChI is InChI=1S/C13H15NO3/c1-2-3-10-4-6-11(7-5-10)14-12(15)8-9-13(16)17/h4-9H,2-3H2,1H3,(H,14,15)(H,16,17)/p-1. The van der Waals surface area contributed by atoms with Gasteiger partial charge in [-0.15, -0.1) is 0 Å². The molecule has 0 aromatic heterocycles. The van der Waals surface area contributed by atoms with Gasteiger partial charge in [-0.2, -0.15) is 0 Å². The number of hydrogen-bond acceptors (Lipinski definition) is 3. The van der Waals surface area contributed by atoms with Crippen LogP contribution in [0, 0.1) is 0 Å². The first-order chi connectivity index (χ1) is 8.11. The fourth-order valence-electron chi connectivity index (χ4n) is 1.37. The van der Waals surface area contributed by atoms with Crippen molar-refractivity contribution in [1.29, 1.82) is 0 Å². The number of carbonyl (C=O) groups is 2. The largest absolute Gasteiger partial charge is 0.545 e. The quantitative estimate of drug-likeness (QED) is 0.766. The minimum atomic E-state index is -1.39. The van der Waals surface area contributed by atoms with Crippen LogP contribution in [0.4, 0.5) is 5.69 Å². The number of aliphatic carboxylic acids is 1. The highest BCUT2D eigenvalue weighted by atomic mass is 16.4. The van der Waals surface area contributed by atoms with Gasteiger partial charge in [0.15, 0.2) is 0 Å². The first-order valence-corrected chi connectivity index (χ1v) is 5.41. The summed E-state index contributed by atoms with van der Waals surface area (Å²) in [5.74, 6) is -1.88. The molecule has 90 valence electrons. The van der Waals surface area contributed by atoms with Crippen LogP contribution in [0.3, 0.4) is 0 Å². The highest BCUT2D eigenvalue weighted by Gasteiger charge is 1.97. The maximum Gasteiger partial charge on any atom is 0.248 e. The first kappa shape index (κ1) is 13.0. The van der Waals surface area contributed by atoms with Crippen molar-refractivity contribution in [3.63, 3.8) is 0 Å². The smallest absolute Gasteiger partial charge is 0.248 e. The van der Waals surface area contributed by atoms with Crippen molar-refractivity contribution >= 4 is 17.6 Å². The Kier molecular flexibility index (Phi) is 4.94. The number of rotatable bonds is 5. The fourth-order valence-corrected chi connectivity index (χ4v) is 1.37. The second-order valence-electron chi connectivity index (χ2n) is 3.59. The zero-order valence-corrected chi connectivity index (χ0v) is 9.60. The predicted molar refractivity (Wildman–Crippen MR) is 63.2 cm³/mol. The lowest BCUT2D eigenvalue weighted by Crippen LogP contribution is -2.20. The maximum absolute atomic E-state index is 11.2. The third-order valence-electron chi connectivity index (χ3n) is 2.13. The van der Waals surface area contributed by atoms with Gasteiger partial charge in [0.1, 0.15) is 0 Å². The van der Waals surface area contributed by atoms with Crippen LogP contribution in [-0.4, -0.2) is 11.9 Å². The second kappa shape index (κ2) is 6.48. The van der Waals surface area contributed by atoms with E-state index in [9.17, 15) is 14.7 Å². The van der Waals surface area contributed by atoms with E-state index in [1.54, 1.807) is 12.1 Å². The highest BCUT2D eigenvalue weighted by Crippen LogP contribution is 2.10. The maximum atomic E-state index is 11.2. The van der Waals surface area contributed by atoms with E-state index < -0.39 is 11.9 Å². The molecular formula is C13H14NO3-. The molecule has 1 rings (SSSR count). The molecule has 0 spiro atoms. The lowest BCUT2D eigenvalue weighted by Gasteiger charge is -2.03. The Balaban J connectivity index is 2.57. The van der Waals surface area contributed by atoms with E-state index in [1.807, 2.05) is 12.1 Å². The molecule has 0 heterocycles. The van der Waals surface area contributed by atoms with Gasteiger partial charge in [-0.1, -0.05) is 25.5 Å². The molecule has 0 radical (unpaired) electrons. The Morgan fingerprint density at radius 1 is 1.24 bits per heavy atom. The van der Waals surface area contributed by atoms with Gasteiger partial charge < -0.3 is 15.2 Å². The van der Waals surface area contributed by atoms with Gasteiger partial charge in [-0.05, 0) is 30.2 Å². The summed E-state index contributed by atoms with van der Waals surface area (Å²) in [6.07, 6.45) is 3.69. The molecule has 4 nitrogen and oxygen atoms in total. The molecule has 0 atom stereocenters. The Hall–Kier alpha value is -2.10. The third kappa shape index (κ3) is 4.97. The van der Waals surface area contributed by atoms with Gasteiger partial charge in [-0.3, -0.25) is 4.79 Å². The normalized spacial score (nSPS) is 10.4. The Morgan fingerprint density at radius 2 is 1.88 bits per heavy atom. The van der Waals surface area contributed by atoms with E-state index in [-0.39, 0.29) is 0 Å². The number of aryl methyl sites for hydroxylation is 1. The summed E-state index contributed by atoms with van der Waals surface area (Å²) >= 11 is 0. The lowest BCUT2D eigenvalue weighted by molar-refractivity contribution is -0.297. The molecule has 0 unspecified atom stereocenters. The number of carboxylic acids is 1. The third-order valence-corrected chi connectivity index (χ3v) is 2.13. The molecule has 0 saturated heterocycles. The minimum absolute atomic E-state index is 0.488. The summed E-state index contributed by atoms with van der Waals surface area (Å²) in [7, 11) is 0. The van der Waals surface area contributed by atoms with Crippen LogP contribution < -0.4 is 10.4 Å². The zero-order chi connectivity index (χ0) is 12.7. The van der Waals surface area contributed by atoms with Crippen LogP contribution in [0.25, 0.3) is 0 Å². The molecule has 0 aliphatic heterocycles. The monoisotopic (exact) mass is 232 g/mol. The van der Waals surface area contributed by atoms with Crippen molar-refractivity contribution in [2.24, 2.45) is 0 Å². The Morgan fingerprint density at radius 3 is 2.41 bits per heavy atom. The number of carboxylic acid groups (broad SMARTS) is 1. The number of nitrogens with one attached hydrogen (secondary N) is 1. The van der Waals surface area contributed by atoms with Gasteiger partial charge in [0.25, 0.3) is 0 Å². The highest BCUT2D eigenvalue weighted by molar-refractivity contribution is 6.02. The van der Waals surface area contributed by atoms with Gasteiger partial charge in [0.2, 0.25) is 5.91 Å². The van der Waals surface area contributed by atoms with Gasteiger partial charge in [0.05, 0.1) is 5.97 Å². The van der Waals surface area contributed by atoms with Crippen LogP contribution in [-0.2, 0) is 16.0 Å². The van der Waals surface area contributed by atoms with E-state index in [2.05, 4.69) is 12.2 Å². The lowest BCUT2D eigenvalue weighted by atomic mass is 10.1. The summed E-state index contributed by atoms with van der Waals surface area (Å²) in [6.45, 7) is 2.10. The Labute approximate surface area is 100.0 Å². The molecule has 0 saturated carbocycles. The van der Waals surface area contributed by atoms with E-state index in [0.717, 1.165) is 18.9 Å². The van der Waals surface area contributed by atoms with E-state index in [0.29, 0.717) is 11.8 Å². The van der Waals surface area contributed by atoms with E-state index in [1.165, 1.54) is 5.56 Å². The molecule has 0 bridgehead atoms. The molecular weight excluding hydrogens is 218 g/mol. The summed E-state index contributed by atoms with van der Waals surface area (Å²) in [6, 6.07) is 7.44. The van der Waals surface area contributed by atoms with Crippen LogP contribution >= 0.6 is 0 Å². The molecule has 1 aromatic rings. The van der Waals surface area contributed by atoms with Gasteiger partial charge in [-0.25, -0.2) is 0 Å². The molecule has 1 N–H and O–H groups in total. The van der Waals surface area contributed by atoms with Crippen molar-refractivity contribution in [1.82, 2.24) is 0 Å². The fraction of sp³-hybridized carbons (Fsp3) is 0.231. The predicted octanol–water partition coefficient (Wildman–Crippen LogP) is 0.884. The van der Waals surface area contributed by atoms with Crippen molar-refractivity contribution in [3.05, 3.63) is 42.0 Å². The first-order valence-electron chi connectivity index (χ1n) is 5.41. The topological polar surface area (TPSA) is 69.2 Å². The van der Waals surface area contributed by atoms with Crippen LogP contribution in [0.2, 0.25) is 0 Å². The van der Waals surface area contributed by atoms with E-state index >= 15 is 0 Å². The minimum Gasteiger partial charge on any atom is -0.545 e. The van der Waals surface area contributed by atoms with Crippen molar-refractivity contribution in [3.8, 4) is 0 Å². The molecule has 4 heteroatoms. The molecule has 0 aliphatic carbocycles. The van der Waals surface area contributed by atoms with Crippen LogP contribution in [0.5, 0.6) is 0 Å². The van der Waals surface area contributed by atoms with Crippen molar-refractivity contribution in [2.45, 2.75) is 19.8 Å². The molecule has 0 aliphatic rings. The average Bonchev–Trinajstić information content (AvgIpc) is 2.29. The summed E-state index contributed by atoms with van der Waals surface area (Å²) in [5.41, 5.74) is 1.84. The summed E-state index contributed by atoms with van der Waals surface area (Å²) in [5, 5.41) is 12.6. The SMILES string of the molecule is CCCc1ccc(NC(=O)C=CC(=O)[O-])cc1. The molecule has 17 heavy (non-hydrogen) atoms. The van der Waals surface area contributed by atoms with Gasteiger partial charge >= 0.3 is 0 Å². The number of carbonyl (C=O) groups excluding carboxylic acids is 2. The van der Waals surface area contributed by atoms with Gasteiger partial charge in [0, 0.05) is 11.8 Å². The molecule has 1 aromatic carbocycles. The number of amides is 1. The number of hydrogen-bond donors (Lipinski definition) is 1. The van der Waals surface area contributed by atoms with Crippen molar-refractivity contribution in [2.75, 3.05) is 5.32 Å². The molecule has 0 fully saturated rings. The molecule has 1 amide bonds. The number of anilines is 1. The van der Waals surface area contributed by atoms with E-state index in [4.69, 9.17) is 0 Å². The summed E-state index contributed by atoms with van der Waals surface area (Å²) < 4.78 is 0. The zero-order valence-electron chi connectivity index (χ0n) is 9.60.